The van der Waals surface area contributed by atoms with Gasteiger partial charge in [-0.1, -0.05) is 25.1 Å². The first-order chi connectivity index (χ1) is 13.8. The Labute approximate surface area is 170 Å². The van der Waals surface area contributed by atoms with Crippen molar-refractivity contribution in [3.05, 3.63) is 35.4 Å². The molecule has 2 rings (SSSR count). The fraction of sp³-hybridized carbons (Fsp3) is 0.619. The molecule has 29 heavy (non-hydrogen) atoms. The third-order valence-corrected chi connectivity index (χ3v) is 4.77. The van der Waals surface area contributed by atoms with Crippen LogP contribution < -0.4 is 16.0 Å². The number of alkyl halides is 3. The summed E-state index contributed by atoms with van der Waals surface area (Å²) >= 11 is 0. The van der Waals surface area contributed by atoms with Gasteiger partial charge in [0, 0.05) is 32.1 Å². The molecule has 1 unspecified atom stereocenters. The van der Waals surface area contributed by atoms with E-state index in [1.807, 2.05) is 13.8 Å². The predicted molar refractivity (Wildman–Crippen MR) is 109 cm³/mol. The minimum atomic E-state index is -4.32. The van der Waals surface area contributed by atoms with Gasteiger partial charge in [-0.25, -0.2) is 0 Å². The third-order valence-electron chi connectivity index (χ3n) is 4.77. The number of carbonyl (C=O) groups is 1. The van der Waals surface area contributed by atoms with Gasteiger partial charge in [0.15, 0.2) is 5.96 Å². The van der Waals surface area contributed by atoms with E-state index in [0.29, 0.717) is 56.5 Å². The first-order valence-electron chi connectivity index (χ1n) is 10.3. The summed E-state index contributed by atoms with van der Waals surface area (Å²) in [7, 11) is 0. The molecule has 1 aliphatic rings. The van der Waals surface area contributed by atoms with Crippen LogP contribution in [0.3, 0.4) is 0 Å². The summed E-state index contributed by atoms with van der Waals surface area (Å²) < 4.78 is 38.6. The lowest BCUT2D eigenvalue weighted by Gasteiger charge is -2.16. The van der Waals surface area contributed by atoms with Gasteiger partial charge >= 0.3 is 6.18 Å². The molecule has 1 aliphatic carbocycles. The first-order valence-corrected chi connectivity index (χ1v) is 10.3. The molecule has 1 fully saturated rings. The Bertz CT molecular complexity index is 687. The second kappa shape index (κ2) is 11.1. The van der Waals surface area contributed by atoms with E-state index in [1.165, 1.54) is 12.1 Å². The topological polar surface area (TPSA) is 65.5 Å². The van der Waals surface area contributed by atoms with Gasteiger partial charge in [0.05, 0.1) is 5.56 Å². The molecule has 0 spiro atoms. The quantitative estimate of drug-likeness (QED) is 0.311. The van der Waals surface area contributed by atoms with Gasteiger partial charge in [-0.15, -0.1) is 0 Å². The van der Waals surface area contributed by atoms with Gasteiger partial charge in [-0.3, -0.25) is 9.79 Å². The van der Waals surface area contributed by atoms with Gasteiger partial charge < -0.3 is 16.0 Å². The maximum atomic E-state index is 12.9. The molecule has 162 valence electrons. The monoisotopic (exact) mass is 412 g/mol. The molecule has 1 saturated carbocycles. The second-order valence-electron chi connectivity index (χ2n) is 7.45. The molecule has 1 aromatic carbocycles. The van der Waals surface area contributed by atoms with Gasteiger partial charge in [0.1, 0.15) is 0 Å². The Balaban J connectivity index is 1.75. The van der Waals surface area contributed by atoms with Gasteiger partial charge in [0.25, 0.3) is 0 Å². The molecular weight excluding hydrogens is 381 g/mol. The fourth-order valence-corrected chi connectivity index (χ4v) is 2.90. The summed E-state index contributed by atoms with van der Waals surface area (Å²) in [5.74, 6) is 0.723. The van der Waals surface area contributed by atoms with E-state index in [1.54, 1.807) is 6.07 Å². The van der Waals surface area contributed by atoms with Crippen molar-refractivity contribution in [2.75, 3.05) is 19.6 Å². The van der Waals surface area contributed by atoms with E-state index < -0.39 is 11.7 Å². The molecule has 5 nitrogen and oxygen atoms in total. The largest absolute Gasteiger partial charge is 0.416 e. The smallest absolute Gasteiger partial charge is 0.357 e. The number of hydrogen-bond donors (Lipinski definition) is 3. The lowest BCUT2D eigenvalue weighted by Crippen LogP contribution is -2.38. The van der Waals surface area contributed by atoms with Crippen molar-refractivity contribution >= 4 is 11.9 Å². The Morgan fingerprint density at radius 1 is 1.28 bits per heavy atom. The average molecular weight is 413 g/mol. The summed E-state index contributed by atoms with van der Waals surface area (Å²) in [6, 6.07) is 5.87. The predicted octanol–water partition coefficient (Wildman–Crippen LogP) is 3.81. The zero-order valence-electron chi connectivity index (χ0n) is 17.1. The van der Waals surface area contributed by atoms with E-state index in [2.05, 4.69) is 20.9 Å². The number of nitrogens with one attached hydrogen (secondary N) is 3. The van der Waals surface area contributed by atoms with Crippen LogP contribution in [0.4, 0.5) is 13.2 Å². The molecule has 0 heterocycles. The number of hydrogen-bond acceptors (Lipinski definition) is 2. The normalized spacial score (nSPS) is 15.7. The molecule has 0 aliphatic heterocycles. The molecular formula is C21H31F3N4O. The van der Waals surface area contributed by atoms with E-state index in [9.17, 15) is 18.0 Å². The zero-order valence-corrected chi connectivity index (χ0v) is 17.1. The van der Waals surface area contributed by atoms with Crippen molar-refractivity contribution in [1.29, 1.82) is 0 Å². The van der Waals surface area contributed by atoms with Crippen molar-refractivity contribution in [2.45, 2.75) is 64.1 Å². The summed E-state index contributed by atoms with van der Waals surface area (Å²) in [6.45, 7) is 5.71. The van der Waals surface area contributed by atoms with Crippen molar-refractivity contribution in [3.63, 3.8) is 0 Å². The Kier molecular flexibility index (Phi) is 8.79. The highest BCUT2D eigenvalue weighted by molar-refractivity contribution is 5.80. The van der Waals surface area contributed by atoms with Crippen LogP contribution in [0.2, 0.25) is 0 Å². The van der Waals surface area contributed by atoms with Crippen LogP contribution >= 0.6 is 0 Å². The summed E-state index contributed by atoms with van der Waals surface area (Å²) in [4.78, 5) is 16.1. The SMILES string of the molecule is CCNC(=NCCCC(=O)NC1CC1)NCCC(C)c1cccc(C(F)(F)F)c1. The van der Waals surface area contributed by atoms with E-state index in [-0.39, 0.29) is 11.8 Å². The Morgan fingerprint density at radius 2 is 2.03 bits per heavy atom. The number of rotatable bonds is 10. The number of nitrogens with zero attached hydrogens (tertiary/aromatic N) is 1. The fourth-order valence-electron chi connectivity index (χ4n) is 2.90. The van der Waals surface area contributed by atoms with Crippen LogP contribution in [0.5, 0.6) is 0 Å². The molecule has 0 bridgehead atoms. The van der Waals surface area contributed by atoms with E-state index in [4.69, 9.17) is 0 Å². The molecule has 0 aromatic heterocycles. The van der Waals surface area contributed by atoms with E-state index in [0.717, 1.165) is 18.9 Å². The summed E-state index contributed by atoms with van der Waals surface area (Å²) in [5.41, 5.74) is 0.0562. The number of guanidine groups is 1. The van der Waals surface area contributed by atoms with Crippen LogP contribution in [0.25, 0.3) is 0 Å². The second-order valence-corrected chi connectivity index (χ2v) is 7.45. The lowest BCUT2D eigenvalue weighted by atomic mass is 9.96. The molecule has 1 atom stereocenters. The lowest BCUT2D eigenvalue weighted by molar-refractivity contribution is -0.137. The van der Waals surface area contributed by atoms with Gasteiger partial charge in [-0.2, -0.15) is 13.2 Å². The zero-order chi connectivity index (χ0) is 21.3. The van der Waals surface area contributed by atoms with E-state index >= 15 is 0 Å². The summed E-state index contributed by atoms with van der Waals surface area (Å²) in [5, 5.41) is 9.31. The number of halogens is 3. The molecule has 0 saturated heterocycles. The number of amides is 1. The van der Waals surface area contributed by atoms with Crippen LogP contribution in [-0.4, -0.2) is 37.5 Å². The van der Waals surface area contributed by atoms with Crippen LogP contribution in [0, 0.1) is 0 Å². The molecule has 8 heteroatoms. The van der Waals surface area contributed by atoms with Crippen molar-refractivity contribution in [2.24, 2.45) is 4.99 Å². The molecule has 1 aromatic rings. The Morgan fingerprint density at radius 3 is 2.69 bits per heavy atom. The minimum Gasteiger partial charge on any atom is -0.357 e. The third kappa shape index (κ3) is 8.75. The molecule has 1 amide bonds. The molecule has 0 radical (unpaired) electrons. The van der Waals surface area contributed by atoms with Crippen molar-refractivity contribution in [1.82, 2.24) is 16.0 Å². The van der Waals surface area contributed by atoms with Gasteiger partial charge in [0.2, 0.25) is 5.91 Å². The highest BCUT2D eigenvalue weighted by Gasteiger charge is 2.30. The average Bonchev–Trinajstić information content (AvgIpc) is 3.48. The minimum absolute atomic E-state index is 0.0150. The highest BCUT2D eigenvalue weighted by atomic mass is 19.4. The van der Waals surface area contributed by atoms with Crippen LogP contribution in [-0.2, 0) is 11.0 Å². The standard InChI is InChI=1S/C21H31F3N4O/c1-3-25-20(26-12-5-8-19(29)28-18-9-10-18)27-13-11-15(2)16-6-4-7-17(14-16)21(22,23)24/h4,6-7,14-15,18H,3,5,8-13H2,1-2H3,(H,28,29)(H2,25,26,27). The highest BCUT2D eigenvalue weighted by Crippen LogP contribution is 2.31. The first kappa shape index (κ1) is 23.0. The number of aliphatic imine (C=N–C) groups is 1. The van der Waals surface area contributed by atoms with Crippen LogP contribution in [0.1, 0.15) is 63.0 Å². The van der Waals surface area contributed by atoms with Crippen molar-refractivity contribution in [3.8, 4) is 0 Å². The van der Waals surface area contributed by atoms with Gasteiger partial charge in [-0.05, 0) is 50.2 Å². The maximum Gasteiger partial charge on any atom is 0.416 e. The summed E-state index contributed by atoms with van der Waals surface area (Å²) in [6.07, 6.45) is -0.347. The number of benzene rings is 1. The maximum absolute atomic E-state index is 12.9. The van der Waals surface area contributed by atoms with Crippen molar-refractivity contribution < 1.29 is 18.0 Å². The Hall–Kier alpha value is -2.25. The number of carbonyl (C=O) groups excluding carboxylic acids is 1. The molecule has 3 N–H and O–H groups in total. The van der Waals surface area contributed by atoms with Crippen LogP contribution in [0.15, 0.2) is 29.3 Å².